The molecule has 1 nitrogen and oxygen atoms in total. The van der Waals surface area contributed by atoms with Crippen LogP contribution in [0.2, 0.25) is 0 Å². The molecule has 0 fully saturated rings. The third kappa shape index (κ3) is 2.71. The predicted octanol–water partition coefficient (Wildman–Crippen LogP) is 3.68. The standard InChI is InChI=1S/C15H17N/c1-2-16(15-11-7-4-8-12-15)13-14-9-5-3-6-10-14/h3-12H,2,13H2,1H3/q+1. The van der Waals surface area contributed by atoms with Crippen molar-refractivity contribution in [2.75, 3.05) is 6.54 Å². The third-order valence-corrected chi connectivity index (χ3v) is 2.72. The quantitative estimate of drug-likeness (QED) is 0.680. The Bertz CT molecular complexity index is 408. The Morgan fingerprint density at radius 1 is 0.812 bits per heavy atom. The molecular formula is C15H17N+. The van der Waals surface area contributed by atoms with Gasteiger partial charge in [0.25, 0.3) is 0 Å². The number of anilines is 1. The monoisotopic (exact) mass is 211 g/mol. The Kier molecular flexibility index (Phi) is 3.73. The van der Waals surface area contributed by atoms with Crippen LogP contribution in [-0.2, 0) is 6.54 Å². The highest BCUT2D eigenvalue weighted by atomic mass is 15.1. The first-order chi connectivity index (χ1) is 7.90. The van der Waals surface area contributed by atoms with E-state index in [4.69, 9.17) is 0 Å². The molecule has 0 aromatic heterocycles. The molecule has 0 unspecified atom stereocenters. The van der Waals surface area contributed by atoms with Gasteiger partial charge in [0.15, 0.2) is 12.2 Å². The highest BCUT2D eigenvalue weighted by molar-refractivity contribution is 5.38. The number of nitrogens with zero attached hydrogens (tertiary/aromatic N) is 1. The summed E-state index contributed by atoms with van der Waals surface area (Å²) in [7, 11) is 0. The Morgan fingerprint density at radius 2 is 1.38 bits per heavy atom. The average molecular weight is 211 g/mol. The maximum Gasteiger partial charge on any atom is 0.181 e. The zero-order chi connectivity index (χ0) is 11.2. The van der Waals surface area contributed by atoms with Gasteiger partial charge in [-0.3, -0.25) is 0 Å². The van der Waals surface area contributed by atoms with Crippen molar-refractivity contribution in [1.82, 2.24) is 4.90 Å². The zero-order valence-electron chi connectivity index (χ0n) is 9.63. The van der Waals surface area contributed by atoms with Crippen molar-refractivity contribution in [3.05, 3.63) is 66.2 Å². The molecule has 0 atom stereocenters. The van der Waals surface area contributed by atoms with Crippen molar-refractivity contribution in [3.8, 4) is 0 Å². The second kappa shape index (κ2) is 5.47. The fourth-order valence-electron chi connectivity index (χ4n) is 1.83. The first-order valence-electron chi connectivity index (χ1n) is 5.74. The van der Waals surface area contributed by atoms with Gasteiger partial charge in [0, 0.05) is 17.7 Å². The SMILES string of the molecule is CC[N+](Cc1ccccc1)c1ccccc1. The molecule has 81 valence electrons. The van der Waals surface area contributed by atoms with Crippen molar-refractivity contribution in [3.63, 3.8) is 0 Å². The van der Waals surface area contributed by atoms with Crippen LogP contribution >= 0.6 is 0 Å². The molecule has 0 saturated heterocycles. The smallest absolute Gasteiger partial charge is 0.130 e. The van der Waals surface area contributed by atoms with Crippen molar-refractivity contribution in [2.45, 2.75) is 13.5 Å². The van der Waals surface area contributed by atoms with E-state index in [0.29, 0.717) is 0 Å². The molecule has 1 radical (unpaired) electrons. The third-order valence-electron chi connectivity index (χ3n) is 2.72. The summed E-state index contributed by atoms with van der Waals surface area (Å²) in [5.74, 6) is 0. The number of hydrogen-bond acceptors (Lipinski definition) is 1. The van der Waals surface area contributed by atoms with Crippen molar-refractivity contribution in [2.24, 2.45) is 0 Å². The molecule has 0 spiro atoms. The minimum atomic E-state index is 0.974. The van der Waals surface area contributed by atoms with E-state index in [-0.39, 0.29) is 0 Å². The molecule has 0 aliphatic carbocycles. The van der Waals surface area contributed by atoms with E-state index in [1.54, 1.807) is 0 Å². The molecule has 0 amide bonds. The number of rotatable bonds is 4. The van der Waals surface area contributed by atoms with Gasteiger partial charge in [-0.25, -0.2) is 0 Å². The average Bonchev–Trinajstić information content (AvgIpc) is 2.38. The number of benzene rings is 2. The highest BCUT2D eigenvalue weighted by Crippen LogP contribution is 2.15. The van der Waals surface area contributed by atoms with Crippen LogP contribution in [0.1, 0.15) is 12.5 Å². The van der Waals surface area contributed by atoms with Gasteiger partial charge in [0.05, 0.1) is 0 Å². The van der Waals surface area contributed by atoms with Gasteiger partial charge in [-0.05, 0) is 6.92 Å². The Hall–Kier alpha value is -1.60. The molecule has 16 heavy (non-hydrogen) atoms. The van der Waals surface area contributed by atoms with Gasteiger partial charge >= 0.3 is 0 Å². The predicted molar refractivity (Wildman–Crippen MR) is 68.9 cm³/mol. The summed E-state index contributed by atoms with van der Waals surface area (Å²) in [6.07, 6.45) is 0. The second-order valence-corrected chi connectivity index (χ2v) is 3.84. The van der Waals surface area contributed by atoms with Gasteiger partial charge in [0.1, 0.15) is 6.54 Å². The summed E-state index contributed by atoms with van der Waals surface area (Å²) in [4.78, 5) is 2.37. The minimum Gasteiger partial charge on any atom is -0.130 e. The molecule has 2 aromatic rings. The van der Waals surface area contributed by atoms with Gasteiger partial charge in [-0.1, -0.05) is 48.5 Å². The number of hydrogen-bond donors (Lipinski definition) is 0. The molecule has 0 heterocycles. The van der Waals surface area contributed by atoms with E-state index in [9.17, 15) is 0 Å². The van der Waals surface area contributed by atoms with Crippen LogP contribution in [-0.4, -0.2) is 6.54 Å². The van der Waals surface area contributed by atoms with Crippen molar-refractivity contribution in [1.29, 1.82) is 0 Å². The molecule has 0 bridgehead atoms. The summed E-state index contributed by atoms with van der Waals surface area (Å²) in [5.41, 5.74) is 2.64. The van der Waals surface area contributed by atoms with Crippen LogP contribution in [0.3, 0.4) is 0 Å². The molecule has 0 aliphatic heterocycles. The van der Waals surface area contributed by atoms with E-state index in [1.165, 1.54) is 11.3 Å². The molecule has 2 rings (SSSR count). The van der Waals surface area contributed by atoms with Gasteiger partial charge < -0.3 is 0 Å². The normalized spacial score (nSPS) is 10.6. The summed E-state index contributed by atoms with van der Waals surface area (Å²) >= 11 is 0. The van der Waals surface area contributed by atoms with Crippen molar-refractivity contribution >= 4 is 5.69 Å². The van der Waals surface area contributed by atoms with E-state index in [0.717, 1.165) is 13.1 Å². The second-order valence-electron chi connectivity index (χ2n) is 3.84. The molecule has 0 N–H and O–H groups in total. The maximum atomic E-state index is 2.37. The summed E-state index contributed by atoms with van der Waals surface area (Å²) in [6.45, 7) is 4.19. The van der Waals surface area contributed by atoms with Crippen LogP contribution < -0.4 is 4.90 Å². The topological polar surface area (TPSA) is 5.90 Å². The first-order valence-corrected chi connectivity index (χ1v) is 5.74. The van der Waals surface area contributed by atoms with Gasteiger partial charge in [-0.15, -0.1) is 4.90 Å². The van der Waals surface area contributed by atoms with Gasteiger partial charge in [-0.2, -0.15) is 0 Å². The molecule has 1 heteroatoms. The highest BCUT2D eigenvalue weighted by Gasteiger charge is 2.15. The first kappa shape index (κ1) is 10.9. The summed E-state index contributed by atoms with van der Waals surface area (Å²) in [6, 6.07) is 21.1. The van der Waals surface area contributed by atoms with E-state index in [1.807, 2.05) is 0 Å². The van der Waals surface area contributed by atoms with Gasteiger partial charge in [0.2, 0.25) is 0 Å². The molecular weight excluding hydrogens is 194 g/mol. The van der Waals surface area contributed by atoms with E-state index < -0.39 is 0 Å². The largest absolute Gasteiger partial charge is 0.181 e. The lowest BCUT2D eigenvalue weighted by atomic mass is 10.2. The molecule has 0 saturated carbocycles. The zero-order valence-corrected chi connectivity index (χ0v) is 9.63. The maximum absolute atomic E-state index is 2.37. The molecule has 0 aliphatic rings. The lowest BCUT2D eigenvalue weighted by Crippen LogP contribution is -2.23. The van der Waals surface area contributed by atoms with E-state index in [2.05, 4.69) is 72.5 Å². The lowest BCUT2D eigenvalue weighted by molar-refractivity contribution is 0.552. The Balaban J connectivity index is 2.13. The van der Waals surface area contributed by atoms with Crippen LogP contribution in [0.15, 0.2) is 60.7 Å². The fraction of sp³-hybridized carbons (Fsp3) is 0.200. The van der Waals surface area contributed by atoms with Crippen LogP contribution in [0.25, 0.3) is 0 Å². The van der Waals surface area contributed by atoms with Crippen LogP contribution in [0.5, 0.6) is 0 Å². The van der Waals surface area contributed by atoms with Crippen LogP contribution in [0.4, 0.5) is 5.69 Å². The Morgan fingerprint density at radius 3 is 1.94 bits per heavy atom. The van der Waals surface area contributed by atoms with E-state index >= 15 is 0 Å². The summed E-state index contributed by atoms with van der Waals surface area (Å²) < 4.78 is 0. The van der Waals surface area contributed by atoms with Crippen molar-refractivity contribution < 1.29 is 0 Å². The number of para-hydroxylation sites is 1. The fourth-order valence-corrected chi connectivity index (χ4v) is 1.83. The lowest BCUT2D eigenvalue weighted by Gasteiger charge is -2.09. The Labute approximate surface area is 97.3 Å². The van der Waals surface area contributed by atoms with Crippen LogP contribution in [0, 0.1) is 0 Å². The minimum absolute atomic E-state index is 0.974. The molecule has 2 aromatic carbocycles. The summed E-state index contributed by atoms with van der Waals surface area (Å²) in [5, 5.41) is 0.